The zero-order valence-corrected chi connectivity index (χ0v) is 16.0. The fourth-order valence-corrected chi connectivity index (χ4v) is 3.85. The molecular weight excluding hydrogens is 362 g/mol. The van der Waals surface area contributed by atoms with Gasteiger partial charge in [0.15, 0.2) is 0 Å². The van der Waals surface area contributed by atoms with Crippen molar-refractivity contribution in [1.82, 2.24) is 4.98 Å². The van der Waals surface area contributed by atoms with Crippen molar-refractivity contribution in [2.24, 2.45) is 0 Å². The van der Waals surface area contributed by atoms with Gasteiger partial charge in [-0.05, 0) is 42.3 Å². The van der Waals surface area contributed by atoms with Crippen LogP contribution in [0.25, 0.3) is 0 Å². The van der Waals surface area contributed by atoms with E-state index in [1.807, 2.05) is 37.3 Å². The predicted octanol–water partition coefficient (Wildman–Crippen LogP) is 3.81. The molecule has 7 heteroatoms. The van der Waals surface area contributed by atoms with Gasteiger partial charge >= 0.3 is 0 Å². The number of sulfonamides is 1. The average molecular weight is 383 g/mol. The lowest BCUT2D eigenvalue weighted by molar-refractivity contribution is 0.402. The number of benzene rings is 2. The quantitative estimate of drug-likeness (QED) is 0.648. The van der Waals surface area contributed by atoms with Crippen LogP contribution in [0.15, 0.2) is 71.8 Å². The minimum Gasteiger partial charge on any atom is -0.495 e. The molecule has 0 atom stereocenters. The molecule has 27 heavy (non-hydrogen) atoms. The van der Waals surface area contributed by atoms with Gasteiger partial charge in [-0.25, -0.2) is 13.4 Å². The first-order valence-corrected chi connectivity index (χ1v) is 9.87. The molecule has 0 fully saturated rings. The fraction of sp³-hybridized carbons (Fsp3) is 0.150. The number of methoxy groups -OCH3 is 1. The molecule has 2 aromatic carbocycles. The van der Waals surface area contributed by atoms with Crippen molar-refractivity contribution in [2.75, 3.05) is 17.1 Å². The van der Waals surface area contributed by atoms with E-state index in [0.717, 1.165) is 11.1 Å². The van der Waals surface area contributed by atoms with E-state index in [0.29, 0.717) is 23.8 Å². The van der Waals surface area contributed by atoms with Crippen molar-refractivity contribution in [3.63, 3.8) is 0 Å². The van der Waals surface area contributed by atoms with Crippen LogP contribution in [0.2, 0.25) is 0 Å². The molecule has 0 aliphatic heterocycles. The lowest BCUT2D eigenvalue weighted by Crippen LogP contribution is -2.14. The summed E-state index contributed by atoms with van der Waals surface area (Å²) < 4.78 is 33.1. The SMILES string of the molecule is COc1ccc(C)cc1S(=O)(=O)Nc1ccc(NCc2ccccc2)nc1. The first kappa shape index (κ1) is 18.7. The van der Waals surface area contributed by atoms with E-state index in [4.69, 9.17) is 4.74 Å². The van der Waals surface area contributed by atoms with Gasteiger partial charge in [-0.2, -0.15) is 0 Å². The van der Waals surface area contributed by atoms with Gasteiger partial charge in [0, 0.05) is 6.54 Å². The first-order chi connectivity index (χ1) is 13.0. The summed E-state index contributed by atoms with van der Waals surface area (Å²) in [5, 5.41) is 3.20. The first-order valence-electron chi connectivity index (χ1n) is 8.39. The van der Waals surface area contributed by atoms with Crippen molar-refractivity contribution >= 4 is 21.5 Å². The third-order valence-electron chi connectivity index (χ3n) is 3.94. The van der Waals surface area contributed by atoms with Gasteiger partial charge in [-0.1, -0.05) is 36.4 Å². The number of rotatable bonds is 7. The van der Waals surface area contributed by atoms with Crippen LogP contribution in [0.4, 0.5) is 11.5 Å². The van der Waals surface area contributed by atoms with Crippen molar-refractivity contribution in [2.45, 2.75) is 18.4 Å². The van der Waals surface area contributed by atoms with Gasteiger partial charge < -0.3 is 10.1 Å². The van der Waals surface area contributed by atoms with Gasteiger partial charge in [0.25, 0.3) is 10.0 Å². The second-order valence-corrected chi connectivity index (χ2v) is 7.68. The summed E-state index contributed by atoms with van der Waals surface area (Å²) in [5.74, 6) is 0.956. The third kappa shape index (κ3) is 4.77. The average Bonchev–Trinajstić information content (AvgIpc) is 2.68. The monoisotopic (exact) mass is 383 g/mol. The highest BCUT2D eigenvalue weighted by Gasteiger charge is 2.20. The fourth-order valence-electron chi connectivity index (χ4n) is 2.55. The standard InChI is InChI=1S/C20H21N3O3S/c1-15-8-10-18(26-2)19(12-15)27(24,25)23-17-9-11-20(22-14-17)21-13-16-6-4-3-5-7-16/h3-12,14,23H,13H2,1-2H3,(H,21,22). The topological polar surface area (TPSA) is 80.3 Å². The molecule has 0 amide bonds. The van der Waals surface area contributed by atoms with Crippen LogP contribution in [0, 0.1) is 6.92 Å². The smallest absolute Gasteiger partial charge is 0.265 e. The third-order valence-corrected chi connectivity index (χ3v) is 5.34. The van der Waals surface area contributed by atoms with Crippen molar-refractivity contribution in [3.05, 3.63) is 78.0 Å². The largest absolute Gasteiger partial charge is 0.495 e. The number of hydrogen-bond acceptors (Lipinski definition) is 5. The van der Waals surface area contributed by atoms with Crippen LogP contribution in [-0.4, -0.2) is 20.5 Å². The second-order valence-electron chi connectivity index (χ2n) is 6.03. The Labute approximate surface area is 159 Å². The maximum atomic E-state index is 12.7. The molecule has 0 aliphatic carbocycles. The summed E-state index contributed by atoms with van der Waals surface area (Å²) in [6, 6.07) is 18.4. The molecule has 1 aromatic heterocycles. The van der Waals surface area contributed by atoms with Gasteiger partial charge in [0.1, 0.15) is 16.5 Å². The number of anilines is 2. The van der Waals surface area contributed by atoms with Crippen LogP contribution in [-0.2, 0) is 16.6 Å². The molecule has 140 valence electrons. The molecule has 2 N–H and O–H groups in total. The molecule has 1 heterocycles. The predicted molar refractivity (Wildman–Crippen MR) is 107 cm³/mol. The van der Waals surface area contributed by atoms with E-state index in [1.54, 1.807) is 30.3 Å². The summed E-state index contributed by atoms with van der Waals surface area (Å²) in [6.45, 7) is 2.46. The van der Waals surface area contributed by atoms with Crippen molar-refractivity contribution in [3.8, 4) is 5.75 Å². The molecule has 0 aliphatic rings. The highest BCUT2D eigenvalue weighted by atomic mass is 32.2. The van der Waals surface area contributed by atoms with Crippen molar-refractivity contribution < 1.29 is 13.2 Å². The number of ether oxygens (including phenoxy) is 1. The maximum absolute atomic E-state index is 12.7. The Balaban J connectivity index is 1.71. The second kappa shape index (κ2) is 8.09. The van der Waals surface area contributed by atoms with E-state index < -0.39 is 10.0 Å². The summed E-state index contributed by atoms with van der Waals surface area (Å²) in [6.07, 6.45) is 1.48. The number of aromatic nitrogens is 1. The number of pyridine rings is 1. The van der Waals surface area contributed by atoms with Gasteiger partial charge in [-0.15, -0.1) is 0 Å². The van der Waals surface area contributed by atoms with E-state index in [2.05, 4.69) is 15.0 Å². The highest BCUT2D eigenvalue weighted by molar-refractivity contribution is 7.92. The Morgan fingerprint density at radius 2 is 1.81 bits per heavy atom. The molecule has 6 nitrogen and oxygen atoms in total. The van der Waals surface area contributed by atoms with E-state index in [9.17, 15) is 8.42 Å². The number of aryl methyl sites for hydroxylation is 1. The maximum Gasteiger partial charge on any atom is 0.265 e. The molecule has 3 rings (SSSR count). The normalized spacial score (nSPS) is 11.0. The van der Waals surface area contributed by atoms with Crippen molar-refractivity contribution in [1.29, 1.82) is 0 Å². The zero-order chi connectivity index (χ0) is 19.3. The Kier molecular flexibility index (Phi) is 5.61. The van der Waals surface area contributed by atoms with E-state index in [1.165, 1.54) is 13.3 Å². The Hall–Kier alpha value is -3.06. The van der Waals surface area contributed by atoms with Crippen LogP contribution >= 0.6 is 0 Å². The molecular formula is C20H21N3O3S. The summed E-state index contributed by atoms with van der Waals surface area (Å²) in [7, 11) is -2.34. The summed E-state index contributed by atoms with van der Waals surface area (Å²) >= 11 is 0. The Morgan fingerprint density at radius 3 is 2.48 bits per heavy atom. The van der Waals surface area contributed by atoms with Gasteiger partial charge in [0.05, 0.1) is 19.0 Å². The lowest BCUT2D eigenvalue weighted by Gasteiger charge is -2.12. The summed E-state index contributed by atoms with van der Waals surface area (Å²) in [4.78, 5) is 4.36. The lowest BCUT2D eigenvalue weighted by atomic mass is 10.2. The van der Waals surface area contributed by atoms with Crippen LogP contribution in [0.3, 0.4) is 0 Å². The van der Waals surface area contributed by atoms with Gasteiger partial charge in [0.2, 0.25) is 0 Å². The molecule has 3 aromatic rings. The zero-order valence-electron chi connectivity index (χ0n) is 15.1. The minimum atomic E-state index is -3.78. The molecule has 0 unspecified atom stereocenters. The van der Waals surface area contributed by atoms with Crippen LogP contribution < -0.4 is 14.8 Å². The highest BCUT2D eigenvalue weighted by Crippen LogP contribution is 2.26. The Bertz CT molecular complexity index is 1000. The molecule has 0 bridgehead atoms. The number of nitrogens with one attached hydrogen (secondary N) is 2. The number of hydrogen-bond donors (Lipinski definition) is 2. The summed E-state index contributed by atoms with van der Waals surface area (Å²) in [5.41, 5.74) is 2.34. The molecule has 0 radical (unpaired) electrons. The number of nitrogens with zero attached hydrogens (tertiary/aromatic N) is 1. The van der Waals surface area contributed by atoms with Crippen LogP contribution in [0.5, 0.6) is 5.75 Å². The molecule has 0 saturated carbocycles. The van der Waals surface area contributed by atoms with E-state index >= 15 is 0 Å². The molecule has 0 saturated heterocycles. The van der Waals surface area contributed by atoms with E-state index in [-0.39, 0.29) is 4.90 Å². The van der Waals surface area contributed by atoms with Crippen LogP contribution in [0.1, 0.15) is 11.1 Å². The molecule has 0 spiro atoms. The minimum absolute atomic E-state index is 0.0938. The van der Waals surface area contributed by atoms with Gasteiger partial charge in [-0.3, -0.25) is 4.72 Å². The Morgan fingerprint density at radius 1 is 1.04 bits per heavy atom.